The molecule has 1 aromatic rings. The van der Waals surface area contributed by atoms with Crippen LogP contribution in [0.1, 0.15) is 31.3 Å². The summed E-state index contributed by atoms with van der Waals surface area (Å²) < 4.78 is 0. The molecule has 1 atom stereocenters. The van der Waals surface area contributed by atoms with E-state index >= 15 is 0 Å². The van der Waals surface area contributed by atoms with Crippen LogP contribution in [0, 0.1) is 6.92 Å². The number of hydrogen-bond donors (Lipinski definition) is 0. The van der Waals surface area contributed by atoms with Gasteiger partial charge >= 0.3 is 0 Å². The third kappa shape index (κ3) is 2.17. The molecule has 0 radical (unpaired) electrons. The summed E-state index contributed by atoms with van der Waals surface area (Å²) in [4.78, 5) is 11.1. The van der Waals surface area contributed by atoms with Crippen LogP contribution in [-0.2, 0) is 5.41 Å². The Kier molecular flexibility index (Phi) is 2.74. The van der Waals surface area contributed by atoms with Crippen molar-refractivity contribution in [2.75, 3.05) is 20.1 Å². The number of rotatable bonds is 1. The van der Waals surface area contributed by atoms with E-state index in [1.54, 1.807) is 0 Å². The molecule has 3 nitrogen and oxygen atoms in total. The first kappa shape index (κ1) is 10.6. The molecule has 0 N–H and O–H groups in total. The van der Waals surface area contributed by atoms with E-state index in [2.05, 4.69) is 34.9 Å². The fraction of sp³-hybridized carbons (Fsp3) is 0.667. The minimum absolute atomic E-state index is 0.209. The normalized spacial score (nSPS) is 27.9. The topological polar surface area (TPSA) is 29.0 Å². The molecule has 0 aromatic carbocycles. The molecule has 2 heterocycles. The molecule has 1 fully saturated rings. The Bertz CT molecular complexity index is 350. The van der Waals surface area contributed by atoms with Crippen molar-refractivity contribution in [1.29, 1.82) is 0 Å². The number of aryl methyl sites for hydroxylation is 1. The second kappa shape index (κ2) is 3.89. The largest absolute Gasteiger partial charge is 0.305 e. The average molecular weight is 205 g/mol. The highest BCUT2D eigenvalue weighted by Gasteiger charge is 2.32. The smallest absolute Gasteiger partial charge is 0.125 e. The van der Waals surface area contributed by atoms with Crippen molar-refractivity contribution in [3.05, 3.63) is 23.8 Å². The zero-order chi connectivity index (χ0) is 10.9. The summed E-state index contributed by atoms with van der Waals surface area (Å²) in [5, 5.41) is 0. The van der Waals surface area contributed by atoms with Crippen LogP contribution < -0.4 is 0 Å². The van der Waals surface area contributed by atoms with Gasteiger partial charge in [-0.1, -0.05) is 6.92 Å². The summed E-state index contributed by atoms with van der Waals surface area (Å²) in [6, 6.07) is 2.06. The van der Waals surface area contributed by atoms with Crippen molar-refractivity contribution in [1.82, 2.24) is 14.9 Å². The summed E-state index contributed by atoms with van der Waals surface area (Å²) >= 11 is 0. The van der Waals surface area contributed by atoms with Gasteiger partial charge in [0.1, 0.15) is 5.82 Å². The molecule has 0 amide bonds. The number of likely N-dealkylation sites (tertiary alicyclic amines) is 1. The zero-order valence-electron chi connectivity index (χ0n) is 9.82. The number of piperidine rings is 1. The summed E-state index contributed by atoms with van der Waals surface area (Å²) in [5.74, 6) is 0.877. The Morgan fingerprint density at radius 2 is 2.27 bits per heavy atom. The highest BCUT2D eigenvalue weighted by Crippen LogP contribution is 2.31. The molecule has 0 saturated carbocycles. The Labute approximate surface area is 91.5 Å². The van der Waals surface area contributed by atoms with Gasteiger partial charge in [0.25, 0.3) is 0 Å². The molecule has 2 rings (SSSR count). The SMILES string of the molecule is Cc1nccc([C@@]2(C)CCCN(C)C2)n1. The fourth-order valence-corrected chi connectivity index (χ4v) is 2.49. The predicted octanol–water partition coefficient (Wildman–Crippen LogP) is 1.77. The van der Waals surface area contributed by atoms with Gasteiger partial charge in [-0.25, -0.2) is 9.97 Å². The van der Waals surface area contributed by atoms with Crippen LogP contribution in [0.5, 0.6) is 0 Å². The van der Waals surface area contributed by atoms with Crippen LogP contribution in [0.15, 0.2) is 12.3 Å². The maximum atomic E-state index is 4.57. The van der Waals surface area contributed by atoms with E-state index in [0.717, 1.165) is 12.4 Å². The molecule has 0 unspecified atom stereocenters. The maximum absolute atomic E-state index is 4.57. The Morgan fingerprint density at radius 1 is 1.47 bits per heavy atom. The molecule has 0 spiro atoms. The number of hydrogen-bond acceptors (Lipinski definition) is 3. The molecule has 1 aromatic heterocycles. The Morgan fingerprint density at radius 3 is 2.93 bits per heavy atom. The molecule has 1 aliphatic rings. The zero-order valence-corrected chi connectivity index (χ0v) is 9.82. The van der Waals surface area contributed by atoms with Gasteiger partial charge in [0.15, 0.2) is 0 Å². The van der Waals surface area contributed by atoms with Crippen molar-refractivity contribution in [2.45, 2.75) is 32.1 Å². The van der Waals surface area contributed by atoms with Gasteiger partial charge in [0.05, 0.1) is 5.69 Å². The highest BCUT2D eigenvalue weighted by atomic mass is 15.1. The minimum Gasteiger partial charge on any atom is -0.305 e. The highest BCUT2D eigenvalue weighted by molar-refractivity contribution is 5.16. The third-order valence-corrected chi connectivity index (χ3v) is 3.28. The van der Waals surface area contributed by atoms with Crippen LogP contribution in [0.4, 0.5) is 0 Å². The van der Waals surface area contributed by atoms with E-state index < -0.39 is 0 Å². The summed E-state index contributed by atoms with van der Waals surface area (Å²) in [7, 11) is 2.19. The molecular weight excluding hydrogens is 186 g/mol. The van der Waals surface area contributed by atoms with Crippen molar-refractivity contribution in [3.63, 3.8) is 0 Å². The maximum Gasteiger partial charge on any atom is 0.125 e. The molecule has 0 aliphatic carbocycles. The Hall–Kier alpha value is -0.960. The van der Waals surface area contributed by atoms with Crippen LogP contribution in [-0.4, -0.2) is 35.0 Å². The molecule has 82 valence electrons. The van der Waals surface area contributed by atoms with Crippen LogP contribution in [0.25, 0.3) is 0 Å². The predicted molar refractivity (Wildman–Crippen MR) is 60.9 cm³/mol. The van der Waals surface area contributed by atoms with Crippen molar-refractivity contribution in [3.8, 4) is 0 Å². The second-order valence-corrected chi connectivity index (χ2v) is 4.89. The van der Waals surface area contributed by atoms with Crippen molar-refractivity contribution in [2.24, 2.45) is 0 Å². The van der Waals surface area contributed by atoms with Crippen LogP contribution in [0.3, 0.4) is 0 Å². The van der Waals surface area contributed by atoms with Gasteiger partial charge in [-0.15, -0.1) is 0 Å². The van der Waals surface area contributed by atoms with E-state index in [0.29, 0.717) is 0 Å². The lowest BCUT2D eigenvalue weighted by Crippen LogP contribution is -2.42. The van der Waals surface area contributed by atoms with E-state index in [4.69, 9.17) is 0 Å². The van der Waals surface area contributed by atoms with Crippen LogP contribution >= 0.6 is 0 Å². The average Bonchev–Trinajstić information content (AvgIpc) is 2.17. The lowest BCUT2D eigenvalue weighted by molar-refractivity contribution is 0.185. The summed E-state index contributed by atoms with van der Waals surface area (Å²) in [5.41, 5.74) is 1.40. The molecular formula is C12H19N3. The van der Waals surface area contributed by atoms with Gasteiger partial charge < -0.3 is 4.90 Å². The van der Waals surface area contributed by atoms with Gasteiger partial charge in [0.2, 0.25) is 0 Å². The molecule has 1 saturated heterocycles. The first-order valence-electron chi connectivity index (χ1n) is 5.59. The van der Waals surface area contributed by atoms with E-state index in [1.165, 1.54) is 25.1 Å². The van der Waals surface area contributed by atoms with E-state index in [-0.39, 0.29) is 5.41 Å². The van der Waals surface area contributed by atoms with E-state index in [1.807, 2.05) is 13.1 Å². The molecule has 15 heavy (non-hydrogen) atoms. The monoisotopic (exact) mass is 205 g/mol. The summed E-state index contributed by atoms with van der Waals surface area (Å²) in [6.07, 6.45) is 4.36. The lowest BCUT2D eigenvalue weighted by atomic mass is 9.79. The Balaban J connectivity index is 2.28. The van der Waals surface area contributed by atoms with Gasteiger partial charge in [-0.3, -0.25) is 0 Å². The third-order valence-electron chi connectivity index (χ3n) is 3.28. The molecule has 0 bridgehead atoms. The number of aromatic nitrogens is 2. The van der Waals surface area contributed by atoms with E-state index in [9.17, 15) is 0 Å². The van der Waals surface area contributed by atoms with Crippen molar-refractivity contribution >= 4 is 0 Å². The first-order valence-corrected chi connectivity index (χ1v) is 5.59. The molecule has 3 heteroatoms. The number of likely N-dealkylation sites (N-methyl/N-ethyl adjacent to an activating group) is 1. The molecule has 1 aliphatic heterocycles. The number of nitrogens with zero attached hydrogens (tertiary/aromatic N) is 3. The quantitative estimate of drug-likeness (QED) is 0.699. The van der Waals surface area contributed by atoms with Gasteiger partial charge in [-0.2, -0.15) is 0 Å². The minimum atomic E-state index is 0.209. The standard InChI is InChI=1S/C12H19N3/c1-10-13-7-5-11(14-10)12(2)6-4-8-15(3)9-12/h5,7H,4,6,8-9H2,1-3H3/t12-/m0/s1. The second-order valence-electron chi connectivity index (χ2n) is 4.89. The lowest BCUT2D eigenvalue weighted by Gasteiger charge is -2.38. The fourth-order valence-electron chi connectivity index (χ4n) is 2.49. The first-order chi connectivity index (χ1) is 7.10. The van der Waals surface area contributed by atoms with Gasteiger partial charge in [-0.05, 0) is 39.4 Å². The van der Waals surface area contributed by atoms with Crippen LogP contribution in [0.2, 0.25) is 0 Å². The van der Waals surface area contributed by atoms with Gasteiger partial charge in [0, 0.05) is 18.2 Å². The summed E-state index contributed by atoms with van der Waals surface area (Å²) in [6.45, 7) is 6.58. The van der Waals surface area contributed by atoms with Crippen molar-refractivity contribution < 1.29 is 0 Å².